The van der Waals surface area contributed by atoms with Gasteiger partial charge in [0.15, 0.2) is 0 Å². The molecule has 3 nitrogen and oxygen atoms in total. The molecule has 0 aliphatic carbocycles. The molecule has 0 saturated heterocycles. The first-order valence-electron chi connectivity index (χ1n) is 4.95. The Kier molecular flexibility index (Phi) is 3.89. The van der Waals surface area contributed by atoms with E-state index in [9.17, 15) is 0 Å². The van der Waals surface area contributed by atoms with E-state index in [0.717, 1.165) is 5.56 Å². The summed E-state index contributed by atoms with van der Waals surface area (Å²) < 4.78 is 5.71. The molecule has 0 aliphatic heterocycles. The normalized spacial score (nSPS) is 12.9. The zero-order valence-electron chi connectivity index (χ0n) is 9.03. The quantitative estimate of drug-likeness (QED) is 0.797. The van der Waals surface area contributed by atoms with Crippen LogP contribution in [0.4, 0.5) is 0 Å². The maximum absolute atomic E-state index is 5.71. The van der Waals surface area contributed by atoms with Crippen molar-refractivity contribution in [2.45, 2.75) is 33.4 Å². The minimum absolute atomic E-state index is 0.162. The highest BCUT2D eigenvalue weighted by Crippen LogP contribution is 2.17. The molecule has 78 valence electrons. The predicted octanol–water partition coefficient (Wildman–Crippen LogP) is 1.96. The smallest absolute Gasteiger partial charge is 0.218 e. The van der Waals surface area contributed by atoms with Gasteiger partial charge in [-0.05, 0) is 18.9 Å². The minimum atomic E-state index is 0.162. The minimum Gasteiger partial charge on any atom is -0.474 e. The average Bonchev–Trinajstić information content (AvgIpc) is 2.18. The fourth-order valence-electron chi connectivity index (χ4n) is 0.998. The zero-order chi connectivity index (χ0) is 10.6. The van der Waals surface area contributed by atoms with Crippen LogP contribution in [0.25, 0.3) is 0 Å². The maximum Gasteiger partial charge on any atom is 0.218 e. The second kappa shape index (κ2) is 4.96. The Hall–Kier alpha value is -1.09. The Morgan fingerprint density at radius 1 is 1.43 bits per heavy atom. The van der Waals surface area contributed by atoms with Crippen molar-refractivity contribution in [3.63, 3.8) is 0 Å². The number of hydrogen-bond donors (Lipinski definition) is 1. The molecular formula is C11H18N2O. The summed E-state index contributed by atoms with van der Waals surface area (Å²) in [6.07, 6.45) is 1.89. The van der Waals surface area contributed by atoms with E-state index in [2.05, 4.69) is 18.8 Å². The van der Waals surface area contributed by atoms with Crippen molar-refractivity contribution in [1.82, 2.24) is 4.98 Å². The summed E-state index contributed by atoms with van der Waals surface area (Å²) in [5, 5.41) is 0. The third-order valence-electron chi connectivity index (χ3n) is 2.31. The summed E-state index contributed by atoms with van der Waals surface area (Å²) in [5.74, 6) is 1.14. The van der Waals surface area contributed by atoms with Gasteiger partial charge in [-0.25, -0.2) is 4.98 Å². The summed E-state index contributed by atoms with van der Waals surface area (Å²) in [4.78, 5) is 4.17. The summed E-state index contributed by atoms with van der Waals surface area (Å²) >= 11 is 0. The number of ether oxygens (including phenoxy) is 1. The topological polar surface area (TPSA) is 48.1 Å². The van der Waals surface area contributed by atoms with Gasteiger partial charge < -0.3 is 10.5 Å². The summed E-state index contributed by atoms with van der Waals surface area (Å²) in [6.45, 7) is 6.75. The van der Waals surface area contributed by atoms with Gasteiger partial charge in [-0.2, -0.15) is 0 Å². The summed E-state index contributed by atoms with van der Waals surface area (Å²) in [7, 11) is 0. The van der Waals surface area contributed by atoms with Crippen LogP contribution in [0.15, 0.2) is 18.3 Å². The van der Waals surface area contributed by atoms with Crippen LogP contribution in [0.2, 0.25) is 0 Å². The Labute approximate surface area is 85.3 Å². The molecule has 0 fully saturated rings. The number of hydrogen-bond acceptors (Lipinski definition) is 3. The lowest BCUT2D eigenvalue weighted by atomic mass is 10.1. The van der Waals surface area contributed by atoms with E-state index in [1.807, 2.05) is 19.1 Å². The number of nitrogens with zero attached hydrogens (tertiary/aromatic N) is 1. The molecule has 2 N–H and O–H groups in total. The van der Waals surface area contributed by atoms with E-state index in [4.69, 9.17) is 10.5 Å². The van der Waals surface area contributed by atoms with Gasteiger partial charge in [0.25, 0.3) is 0 Å². The SMILES string of the molecule is CC(C)C(C)Oc1ncccc1CN. The Morgan fingerprint density at radius 3 is 2.71 bits per heavy atom. The van der Waals surface area contributed by atoms with Crippen molar-refractivity contribution in [1.29, 1.82) is 0 Å². The molecule has 0 aliphatic rings. The van der Waals surface area contributed by atoms with Crippen molar-refractivity contribution >= 4 is 0 Å². The summed E-state index contributed by atoms with van der Waals surface area (Å²) in [5.41, 5.74) is 6.54. The van der Waals surface area contributed by atoms with Gasteiger partial charge in [0, 0.05) is 18.3 Å². The largest absolute Gasteiger partial charge is 0.474 e. The first-order valence-corrected chi connectivity index (χ1v) is 4.95. The number of nitrogens with two attached hydrogens (primary N) is 1. The van der Waals surface area contributed by atoms with Gasteiger partial charge in [-0.1, -0.05) is 19.9 Å². The molecular weight excluding hydrogens is 176 g/mol. The number of pyridine rings is 1. The van der Waals surface area contributed by atoms with Gasteiger partial charge in [-0.15, -0.1) is 0 Å². The average molecular weight is 194 g/mol. The van der Waals surface area contributed by atoms with Gasteiger partial charge >= 0.3 is 0 Å². The summed E-state index contributed by atoms with van der Waals surface area (Å²) in [6, 6.07) is 3.81. The molecule has 0 spiro atoms. The lowest BCUT2D eigenvalue weighted by Crippen LogP contribution is -2.20. The van der Waals surface area contributed by atoms with Crippen LogP contribution in [0.5, 0.6) is 5.88 Å². The van der Waals surface area contributed by atoms with Gasteiger partial charge in [0.1, 0.15) is 0 Å². The molecule has 1 heterocycles. The molecule has 1 unspecified atom stereocenters. The number of aromatic nitrogens is 1. The first kappa shape index (κ1) is 11.0. The lowest BCUT2D eigenvalue weighted by molar-refractivity contribution is 0.161. The second-order valence-electron chi connectivity index (χ2n) is 3.74. The van der Waals surface area contributed by atoms with Crippen molar-refractivity contribution in [3.05, 3.63) is 23.9 Å². The van der Waals surface area contributed by atoms with Gasteiger partial charge in [0.2, 0.25) is 5.88 Å². The molecule has 1 rings (SSSR count). The second-order valence-corrected chi connectivity index (χ2v) is 3.74. The van der Waals surface area contributed by atoms with Gasteiger partial charge in [-0.3, -0.25) is 0 Å². The van der Waals surface area contributed by atoms with E-state index < -0.39 is 0 Å². The van der Waals surface area contributed by atoms with Crippen molar-refractivity contribution in [2.75, 3.05) is 0 Å². The van der Waals surface area contributed by atoms with Crippen LogP contribution in [-0.4, -0.2) is 11.1 Å². The van der Waals surface area contributed by atoms with Crippen molar-refractivity contribution in [2.24, 2.45) is 11.7 Å². The first-order chi connectivity index (χ1) is 6.65. The van der Waals surface area contributed by atoms with E-state index >= 15 is 0 Å². The Bertz CT molecular complexity index is 286. The molecule has 1 aromatic rings. The van der Waals surface area contributed by atoms with Crippen LogP contribution in [0, 0.1) is 5.92 Å². The predicted molar refractivity (Wildman–Crippen MR) is 57.1 cm³/mol. The molecule has 1 atom stereocenters. The van der Waals surface area contributed by atoms with Crippen LogP contribution >= 0.6 is 0 Å². The fraction of sp³-hybridized carbons (Fsp3) is 0.545. The van der Waals surface area contributed by atoms with Crippen LogP contribution in [0.3, 0.4) is 0 Å². The molecule has 0 bridgehead atoms. The third kappa shape index (κ3) is 2.70. The van der Waals surface area contributed by atoms with E-state index in [1.165, 1.54) is 0 Å². The van der Waals surface area contributed by atoms with E-state index in [-0.39, 0.29) is 6.10 Å². The molecule has 0 radical (unpaired) electrons. The monoisotopic (exact) mass is 194 g/mol. The molecule has 3 heteroatoms. The molecule has 0 aromatic carbocycles. The highest BCUT2D eigenvalue weighted by molar-refractivity contribution is 5.25. The highest BCUT2D eigenvalue weighted by Gasteiger charge is 2.11. The van der Waals surface area contributed by atoms with Crippen molar-refractivity contribution in [3.8, 4) is 5.88 Å². The van der Waals surface area contributed by atoms with E-state index in [1.54, 1.807) is 6.20 Å². The highest BCUT2D eigenvalue weighted by atomic mass is 16.5. The molecule has 0 amide bonds. The lowest BCUT2D eigenvalue weighted by Gasteiger charge is -2.18. The van der Waals surface area contributed by atoms with Crippen LogP contribution in [-0.2, 0) is 6.54 Å². The Balaban J connectivity index is 2.75. The Morgan fingerprint density at radius 2 is 2.14 bits per heavy atom. The maximum atomic E-state index is 5.71. The van der Waals surface area contributed by atoms with Crippen LogP contribution < -0.4 is 10.5 Å². The molecule has 1 aromatic heterocycles. The fourth-order valence-corrected chi connectivity index (χ4v) is 0.998. The standard InChI is InChI=1S/C11H18N2O/c1-8(2)9(3)14-11-10(7-12)5-4-6-13-11/h4-6,8-9H,7,12H2,1-3H3. The van der Waals surface area contributed by atoms with Crippen LogP contribution in [0.1, 0.15) is 26.3 Å². The van der Waals surface area contributed by atoms with Crippen molar-refractivity contribution < 1.29 is 4.74 Å². The number of rotatable bonds is 4. The zero-order valence-corrected chi connectivity index (χ0v) is 9.03. The van der Waals surface area contributed by atoms with E-state index in [0.29, 0.717) is 18.3 Å². The molecule has 14 heavy (non-hydrogen) atoms. The van der Waals surface area contributed by atoms with Gasteiger partial charge in [0.05, 0.1) is 6.10 Å². The molecule has 0 saturated carbocycles. The third-order valence-corrected chi connectivity index (χ3v) is 2.31.